The topological polar surface area (TPSA) is 26.3 Å². The second kappa shape index (κ2) is 5.95. The second-order valence-corrected chi connectivity index (χ2v) is 10.1. The van der Waals surface area contributed by atoms with Crippen molar-refractivity contribution in [1.29, 1.82) is 0 Å². The molecule has 0 aromatic rings. The van der Waals surface area contributed by atoms with Crippen LogP contribution in [0.2, 0.25) is 0 Å². The quantitative estimate of drug-likeness (QED) is 0.441. The fourth-order valence-corrected chi connectivity index (χ4v) is 7.34. The second-order valence-electron chi connectivity index (χ2n) is 9.08. The predicted octanol–water partition coefficient (Wildman–Crippen LogP) is 5.58. The van der Waals surface area contributed by atoms with E-state index in [2.05, 4.69) is 13.8 Å². The highest BCUT2D eigenvalue weighted by Crippen LogP contribution is 2.65. The van der Waals surface area contributed by atoms with Gasteiger partial charge in [0.25, 0.3) is 0 Å². The number of ether oxygens (including phenoxy) is 1. The molecule has 0 radical (unpaired) electrons. The highest BCUT2D eigenvalue weighted by Gasteiger charge is 2.58. The molecule has 4 aliphatic carbocycles. The average molecular weight is 377 g/mol. The van der Waals surface area contributed by atoms with Gasteiger partial charge in [-0.25, -0.2) is 0 Å². The lowest BCUT2D eigenvalue weighted by atomic mass is 9.47. The van der Waals surface area contributed by atoms with Crippen molar-refractivity contribution in [2.24, 2.45) is 28.6 Å². The van der Waals surface area contributed by atoms with Crippen LogP contribution in [0.15, 0.2) is 11.3 Å². The van der Waals surface area contributed by atoms with Crippen LogP contribution in [0.3, 0.4) is 0 Å². The van der Waals surface area contributed by atoms with E-state index in [0.717, 1.165) is 48.1 Å². The summed E-state index contributed by atoms with van der Waals surface area (Å²) >= 11 is 11.3. The SMILES string of the molecule is CC(=O)OC1=C2CC[C@@H]3[C@H](CC[C@]4(C)C(=S)CC[C@@H]34)[C@@]2(C)CCC1=S. The van der Waals surface area contributed by atoms with Crippen molar-refractivity contribution < 1.29 is 9.53 Å². The van der Waals surface area contributed by atoms with Crippen LogP contribution in [0.4, 0.5) is 0 Å². The van der Waals surface area contributed by atoms with E-state index < -0.39 is 0 Å². The minimum absolute atomic E-state index is 0.140. The van der Waals surface area contributed by atoms with Gasteiger partial charge in [0.05, 0.1) is 4.86 Å². The third kappa shape index (κ3) is 2.50. The largest absolute Gasteiger partial charge is 0.426 e. The lowest BCUT2D eigenvalue weighted by Gasteiger charge is -2.57. The zero-order valence-corrected chi connectivity index (χ0v) is 17.2. The van der Waals surface area contributed by atoms with Gasteiger partial charge in [-0.3, -0.25) is 4.79 Å². The predicted molar refractivity (Wildman–Crippen MR) is 108 cm³/mol. The number of rotatable bonds is 1. The van der Waals surface area contributed by atoms with Crippen molar-refractivity contribution in [3.63, 3.8) is 0 Å². The summed E-state index contributed by atoms with van der Waals surface area (Å²) in [5, 5.41) is 0. The molecule has 25 heavy (non-hydrogen) atoms. The van der Waals surface area contributed by atoms with Crippen molar-refractivity contribution in [2.75, 3.05) is 0 Å². The third-order valence-electron chi connectivity index (χ3n) is 8.03. The Balaban J connectivity index is 1.72. The van der Waals surface area contributed by atoms with Crippen LogP contribution in [-0.2, 0) is 9.53 Å². The Morgan fingerprint density at radius 2 is 1.72 bits per heavy atom. The number of fused-ring (bicyclic) bond motifs is 5. The molecular formula is C21H28O2S2. The van der Waals surface area contributed by atoms with E-state index in [4.69, 9.17) is 29.2 Å². The molecule has 0 bridgehead atoms. The maximum absolute atomic E-state index is 11.6. The summed E-state index contributed by atoms with van der Waals surface area (Å²) in [6.45, 7) is 6.33. The molecule has 3 saturated carbocycles. The van der Waals surface area contributed by atoms with E-state index in [9.17, 15) is 4.79 Å². The zero-order valence-electron chi connectivity index (χ0n) is 15.5. The molecule has 4 heteroatoms. The Hall–Kier alpha value is -0.610. The summed E-state index contributed by atoms with van der Waals surface area (Å²) in [6, 6.07) is 0. The van der Waals surface area contributed by atoms with Crippen molar-refractivity contribution in [1.82, 2.24) is 0 Å². The molecule has 0 unspecified atom stereocenters. The normalized spacial score (nSPS) is 43.4. The number of hydrogen-bond acceptors (Lipinski definition) is 4. The number of esters is 1. The molecule has 0 heterocycles. The van der Waals surface area contributed by atoms with Crippen LogP contribution < -0.4 is 0 Å². The van der Waals surface area contributed by atoms with Crippen LogP contribution in [-0.4, -0.2) is 15.7 Å². The zero-order chi connectivity index (χ0) is 18.0. The van der Waals surface area contributed by atoms with Gasteiger partial charge in [0.15, 0.2) is 0 Å². The molecule has 0 aromatic carbocycles. The van der Waals surface area contributed by atoms with Gasteiger partial charge in [0.1, 0.15) is 5.76 Å². The standard InChI is InChI=1S/C21H28O2S2/c1-12(22)23-19-16-5-4-13-14-6-7-18(25)21(14,3)10-8-15(13)20(16,2)11-9-17(19)24/h13-15H,4-11H2,1-3H3/t13-,14-,15-,20+,21-/m0/s1. The molecule has 136 valence electrons. The van der Waals surface area contributed by atoms with Crippen molar-refractivity contribution in [2.45, 2.75) is 72.1 Å². The van der Waals surface area contributed by atoms with Crippen molar-refractivity contribution in [3.05, 3.63) is 11.3 Å². The molecule has 0 spiro atoms. The first kappa shape index (κ1) is 17.8. The third-order valence-corrected chi connectivity index (χ3v) is 9.09. The molecule has 0 saturated heterocycles. The maximum Gasteiger partial charge on any atom is 0.308 e. The van der Waals surface area contributed by atoms with Gasteiger partial charge in [-0.05, 0) is 85.0 Å². The monoisotopic (exact) mass is 376 g/mol. The molecule has 3 fully saturated rings. The van der Waals surface area contributed by atoms with E-state index >= 15 is 0 Å². The lowest BCUT2D eigenvalue weighted by molar-refractivity contribution is -0.136. The van der Waals surface area contributed by atoms with E-state index in [1.807, 2.05) is 0 Å². The fraction of sp³-hybridized carbons (Fsp3) is 0.762. The van der Waals surface area contributed by atoms with Crippen LogP contribution in [0.25, 0.3) is 0 Å². The van der Waals surface area contributed by atoms with Crippen molar-refractivity contribution in [3.8, 4) is 0 Å². The Labute approximate surface area is 161 Å². The molecule has 2 nitrogen and oxygen atoms in total. The van der Waals surface area contributed by atoms with Crippen molar-refractivity contribution >= 4 is 40.1 Å². The summed E-state index contributed by atoms with van der Waals surface area (Å²) in [6.07, 6.45) is 9.11. The van der Waals surface area contributed by atoms with E-state index in [0.29, 0.717) is 5.92 Å². The Morgan fingerprint density at radius 1 is 1.00 bits per heavy atom. The van der Waals surface area contributed by atoms with Crippen LogP contribution in [0.1, 0.15) is 72.1 Å². The number of carbonyl (C=O) groups excluding carboxylic acids is 1. The number of hydrogen-bond donors (Lipinski definition) is 0. The maximum atomic E-state index is 11.6. The van der Waals surface area contributed by atoms with Crippen LogP contribution >= 0.6 is 24.4 Å². The molecular weight excluding hydrogens is 348 g/mol. The highest BCUT2D eigenvalue weighted by atomic mass is 32.1. The van der Waals surface area contributed by atoms with Gasteiger partial charge in [-0.1, -0.05) is 38.3 Å². The molecule has 4 rings (SSSR count). The van der Waals surface area contributed by atoms with Gasteiger partial charge >= 0.3 is 5.97 Å². The number of thiocarbonyl (C=S) groups is 2. The first-order valence-corrected chi connectivity index (χ1v) is 10.6. The van der Waals surface area contributed by atoms with Gasteiger partial charge < -0.3 is 4.74 Å². The van der Waals surface area contributed by atoms with Gasteiger partial charge in [0, 0.05) is 12.3 Å². The fourth-order valence-electron chi connectivity index (χ4n) is 6.70. The van der Waals surface area contributed by atoms with Crippen LogP contribution in [0.5, 0.6) is 0 Å². The summed E-state index contributed by atoms with van der Waals surface area (Å²) in [7, 11) is 0. The molecule has 0 N–H and O–H groups in total. The minimum Gasteiger partial charge on any atom is -0.426 e. The van der Waals surface area contributed by atoms with E-state index in [-0.39, 0.29) is 16.8 Å². The lowest BCUT2D eigenvalue weighted by Crippen LogP contribution is -2.51. The summed E-state index contributed by atoms with van der Waals surface area (Å²) in [5.74, 6) is 2.71. The molecule has 5 atom stereocenters. The Bertz CT molecular complexity index is 694. The van der Waals surface area contributed by atoms with Gasteiger partial charge in [-0.15, -0.1) is 0 Å². The average Bonchev–Trinajstić information content (AvgIpc) is 2.86. The summed E-state index contributed by atoms with van der Waals surface area (Å²) in [4.78, 5) is 13.8. The molecule has 0 amide bonds. The molecule has 0 aliphatic heterocycles. The van der Waals surface area contributed by atoms with E-state index in [1.165, 1.54) is 43.0 Å². The van der Waals surface area contributed by atoms with Crippen LogP contribution in [0, 0.1) is 28.6 Å². The Kier molecular flexibility index (Phi) is 4.23. The van der Waals surface area contributed by atoms with Gasteiger partial charge in [-0.2, -0.15) is 0 Å². The summed E-state index contributed by atoms with van der Waals surface area (Å²) in [5.41, 5.74) is 1.77. The minimum atomic E-state index is -0.242. The first-order chi connectivity index (χ1) is 11.8. The summed E-state index contributed by atoms with van der Waals surface area (Å²) < 4.78 is 5.62. The van der Waals surface area contributed by atoms with E-state index in [1.54, 1.807) is 0 Å². The number of allylic oxidation sites excluding steroid dienone is 2. The molecule has 0 aromatic heterocycles. The van der Waals surface area contributed by atoms with Gasteiger partial charge in [0.2, 0.25) is 0 Å². The molecule has 4 aliphatic rings. The smallest absolute Gasteiger partial charge is 0.308 e. The first-order valence-electron chi connectivity index (χ1n) is 9.76. The number of carbonyl (C=O) groups is 1. The highest BCUT2D eigenvalue weighted by molar-refractivity contribution is 7.81. The Morgan fingerprint density at radius 3 is 2.44 bits per heavy atom.